The molecule has 4 nitrogen and oxygen atoms in total. The van der Waals surface area contributed by atoms with E-state index in [0.29, 0.717) is 0 Å². The van der Waals surface area contributed by atoms with Gasteiger partial charge in [-0.25, -0.2) is 8.78 Å². The molecule has 0 saturated carbocycles. The van der Waals surface area contributed by atoms with Gasteiger partial charge in [-0.1, -0.05) is 6.07 Å². The lowest BCUT2D eigenvalue weighted by Gasteiger charge is -2.23. The first-order chi connectivity index (χ1) is 8.32. The molecular formula is C12H13F2NO3. The van der Waals surface area contributed by atoms with E-state index < -0.39 is 40.9 Å². The Kier molecular flexibility index (Phi) is 4.00. The maximum absolute atomic E-state index is 13.4. The van der Waals surface area contributed by atoms with Crippen LogP contribution in [-0.2, 0) is 16.0 Å². The van der Waals surface area contributed by atoms with E-state index in [1.54, 1.807) is 0 Å². The fourth-order valence-corrected chi connectivity index (χ4v) is 1.58. The van der Waals surface area contributed by atoms with Crippen LogP contribution >= 0.6 is 0 Å². The molecule has 0 aliphatic rings. The van der Waals surface area contributed by atoms with Gasteiger partial charge in [0.1, 0.15) is 17.0 Å². The standard InChI is InChI=1S/C12H13F2NO3/c1-12(11(17)18,10(16)15-2)6-7-8(13)4-3-5-9(7)14/h3-5H,6H2,1-2H3,(H,15,16)(H,17,18). The predicted octanol–water partition coefficient (Wildman–Crippen LogP) is 1.34. The average Bonchev–Trinajstić information content (AvgIpc) is 2.32. The lowest BCUT2D eigenvalue weighted by atomic mass is 9.82. The molecule has 0 fully saturated rings. The van der Waals surface area contributed by atoms with Crippen LogP contribution in [0.4, 0.5) is 8.78 Å². The first-order valence-electron chi connectivity index (χ1n) is 5.21. The number of carboxylic acids is 1. The summed E-state index contributed by atoms with van der Waals surface area (Å²) in [5, 5.41) is 11.3. The largest absolute Gasteiger partial charge is 0.480 e. The highest BCUT2D eigenvalue weighted by atomic mass is 19.1. The molecule has 0 bridgehead atoms. The Morgan fingerprint density at radius 1 is 1.33 bits per heavy atom. The molecule has 1 amide bonds. The van der Waals surface area contributed by atoms with Crippen molar-refractivity contribution < 1.29 is 23.5 Å². The van der Waals surface area contributed by atoms with E-state index in [4.69, 9.17) is 5.11 Å². The van der Waals surface area contributed by atoms with Crippen molar-refractivity contribution in [2.24, 2.45) is 5.41 Å². The Morgan fingerprint density at radius 3 is 2.22 bits per heavy atom. The Balaban J connectivity index is 3.20. The van der Waals surface area contributed by atoms with Crippen LogP contribution in [-0.4, -0.2) is 24.0 Å². The monoisotopic (exact) mass is 257 g/mol. The van der Waals surface area contributed by atoms with Gasteiger partial charge in [0.2, 0.25) is 5.91 Å². The summed E-state index contributed by atoms with van der Waals surface area (Å²) in [7, 11) is 1.27. The molecule has 0 aromatic heterocycles. The molecule has 1 unspecified atom stereocenters. The lowest BCUT2D eigenvalue weighted by molar-refractivity contribution is -0.154. The quantitative estimate of drug-likeness (QED) is 0.800. The number of carbonyl (C=O) groups excluding carboxylic acids is 1. The molecule has 0 spiro atoms. The summed E-state index contributed by atoms with van der Waals surface area (Å²) in [6.07, 6.45) is -0.555. The number of carboxylic acid groups (broad SMARTS) is 1. The van der Waals surface area contributed by atoms with E-state index in [2.05, 4.69) is 5.32 Å². The number of amides is 1. The molecular weight excluding hydrogens is 244 g/mol. The average molecular weight is 257 g/mol. The van der Waals surface area contributed by atoms with Crippen LogP contribution in [0, 0.1) is 17.0 Å². The van der Waals surface area contributed by atoms with Crippen LogP contribution in [0.15, 0.2) is 18.2 Å². The third-order valence-electron chi connectivity index (χ3n) is 2.79. The van der Waals surface area contributed by atoms with Gasteiger partial charge in [0.25, 0.3) is 0 Å². The van der Waals surface area contributed by atoms with E-state index in [9.17, 15) is 18.4 Å². The van der Waals surface area contributed by atoms with Crippen LogP contribution < -0.4 is 5.32 Å². The summed E-state index contributed by atoms with van der Waals surface area (Å²) in [5.41, 5.74) is -2.33. The van der Waals surface area contributed by atoms with Gasteiger partial charge in [0.05, 0.1) is 0 Å². The molecule has 1 aromatic carbocycles. The first kappa shape index (κ1) is 14.1. The zero-order chi connectivity index (χ0) is 13.9. The number of benzene rings is 1. The summed E-state index contributed by atoms with van der Waals surface area (Å²) in [6, 6.07) is 3.21. The summed E-state index contributed by atoms with van der Waals surface area (Å²) in [6.45, 7) is 1.13. The highest BCUT2D eigenvalue weighted by Gasteiger charge is 2.42. The van der Waals surface area contributed by atoms with Crippen molar-refractivity contribution in [3.05, 3.63) is 35.4 Å². The van der Waals surface area contributed by atoms with E-state index in [1.165, 1.54) is 13.1 Å². The molecule has 6 heteroatoms. The fourth-order valence-electron chi connectivity index (χ4n) is 1.58. The molecule has 0 saturated heterocycles. The van der Waals surface area contributed by atoms with Crippen LogP contribution in [0.25, 0.3) is 0 Å². The van der Waals surface area contributed by atoms with E-state index >= 15 is 0 Å². The topological polar surface area (TPSA) is 66.4 Å². The first-order valence-corrected chi connectivity index (χ1v) is 5.21. The number of hydrogen-bond donors (Lipinski definition) is 2. The summed E-state index contributed by atoms with van der Waals surface area (Å²) in [5.74, 6) is -3.99. The number of halogens is 2. The molecule has 98 valence electrons. The van der Waals surface area contributed by atoms with Crippen LogP contribution in [0.2, 0.25) is 0 Å². The lowest BCUT2D eigenvalue weighted by Crippen LogP contribution is -2.45. The van der Waals surface area contributed by atoms with E-state index in [1.807, 2.05) is 0 Å². The number of nitrogens with one attached hydrogen (secondary N) is 1. The number of rotatable bonds is 4. The normalized spacial score (nSPS) is 13.8. The van der Waals surface area contributed by atoms with Crippen molar-refractivity contribution in [1.82, 2.24) is 5.32 Å². The molecule has 0 heterocycles. The van der Waals surface area contributed by atoms with Gasteiger partial charge in [-0.05, 0) is 19.1 Å². The number of aliphatic carboxylic acids is 1. The SMILES string of the molecule is CNC(=O)C(C)(Cc1c(F)cccc1F)C(=O)O. The molecule has 2 N–H and O–H groups in total. The van der Waals surface area contributed by atoms with Crippen molar-refractivity contribution in [1.29, 1.82) is 0 Å². The zero-order valence-corrected chi connectivity index (χ0v) is 9.96. The fraction of sp³-hybridized carbons (Fsp3) is 0.333. The summed E-state index contributed by atoms with van der Waals surface area (Å²) >= 11 is 0. The van der Waals surface area contributed by atoms with Crippen LogP contribution in [0.1, 0.15) is 12.5 Å². The molecule has 1 atom stereocenters. The van der Waals surface area contributed by atoms with Gasteiger partial charge >= 0.3 is 5.97 Å². The molecule has 1 rings (SSSR count). The Bertz CT molecular complexity index is 470. The molecule has 0 radical (unpaired) electrons. The third-order valence-corrected chi connectivity index (χ3v) is 2.79. The van der Waals surface area contributed by atoms with Crippen molar-refractivity contribution in [2.45, 2.75) is 13.3 Å². The molecule has 18 heavy (non-hydrogen) atoms. The van der Waals surface area contributed by atoms with Gasteiger partial charge in [-0.15, -0.1) is 0 Å². The molecule has 0 aliphatic heterocycles. The zero-order valence-electron chi connectivity index (χ0n) is 9.96. The van der Waals surface area contributed by atoms with Gasteiger partial charge in [-0.3, -0.25) is 9.59 Å². The highest BCUT2D eigenvalue weighted by Crippen LogP contribution is 2.26. The number of hydrogen-bond acceptors (Lipinski definition) is 2. The molecule has 0 aliphatic carbocycles. The smallest absolute Gasteiger partial charge is 0.319 e. The van der Waals surface area contributed by atoms with Crippen LogP contribution in [0.5, 0.6) is 0 Å². The maximum atomic E-state index is 13.4. The van der Waals surface area contributed by atoms with Gasteiger partial charge < -0.3 is 10.4 Å². The van der Waals surface area contributed by atoms with Crippen LogP contribution in [0.3, 0.4) is 0 Å². The Labute approximate surface area is 103 Å². The second-order valence-corrected chi connectivity index (χ2v) is 4.09. The third kappa shape index (κ3) is 2.47. The van der Waals surface area contributed by atoms with Gasteiger partial charge in [0, 0.05) is 19.0 Å². The van der Waals surface area contributed by atoms with E-state index in [0.717, 1.165) is 19.1 Å². The van der Waals surface area contributed by atoms with Crippen molar-refractivity contribution >= 4 is 11.9 Å². The second-order valence-electron chi connectivity index (χ2n) is 4.09. The maximum Gasteiger partial charge on any atom is 0.319 e. The molecule has 1 aromatic rings. The predicted molar refractivity (Wildman–Crippen MR) is 59.9 cm³/mol. The number of carbonyl (C=O) groups is 2. The minimum Gasteiger partial charge on any atom is -0.480 e. The van der Waals surface area contributed by atoms with Gasteiger partial charge in [0.15, 0.2) is 0 Å². The highest BCUT2D eigenvalue weighted by molar-refractivity contribution is 6.01. The van der Waals surface area contributed by atoms with E-state index in [-0.39, 0.29) is 0 Å². The minimum absolute atomic E-state index is 0.411. The van der Waals surface area contributed by atoms with Crippen molar-refractivity contribution in [2.75, 3.05) is 7.05 Å². The van der Waals surface area contributed by atoms with Gasteiger partial charge in [-0.2, -0.15) is 0 Å². The van der Waals surface area contributed by atoms with Crippen molar-refractivity contribution in [3.8, 4) is 0 Å². The second kappa shape index (κ2) is 5.12. The summed E-state index contributed by atoms with van der Waals surface area (Å²) in [4.78, 5) is 22.7. The minimum atomic E-state index is -1.92. The van der Waals surface area contributed by atoms with Crippen molar-refractivity contribution in [3.63, 3.8) is 0 Å². The summed E-state index contributed by atoms with van der Waals surface area (Å²) < 4.78 is 26.9. The Morgan fingerprint density at radius 2 is 1.83 bits per heavy atom. The Hall–Kier alpha value is -1.98.